The minimum Gasteiger partial charge on any atom is -0.399 e. The smallest absolute Gasteiger partial charge is 0.230 e. The summed E-state index contributed by atoms with van der Waals surface area (Å²) in [6.07, 6.45) is 4.37. The number of anilines is 1. The van der Waals surface area contributed by atoms with Crippen molar-refractivity contribution >= 4 is 11.6 Å². The molecule has 1 amide bonds. The Morgan fingerprint density at radius 2 is 2.00 bits per heavy atom. The fourth-order valence-corrected chi connectivity index (χ4v) is 2.18. The van der Waals surface area contributed by atoms with E-state index in [1.807, 2.05) is 55.9 Å². The van der Waals surface area contributed by atoms with Gasteiger partial charge >= 0.3 is 0 Å². The number of aromatic nitrogens is 2. The highest BCUT2D eigenvalue weighted by atomic mass is 16.2. The van der Waals surface area contributed by atoms with Crippen molar-refractivity contribution in [2.45, 2.75) is 25.7 Å². The first kappa shape index (κ1) is 15.1. The van der Waals surface area contributed by atoms with Crippen LogP contribution in [0.2, 0.25) is 0 Å². The Balaban J connectivity index is 1.95. The van der Waals surface area contributed by atoms with E-state index in [1.54, 1.807) is 6.20 Å². The van der Waals surface area contributed by atoms with Gasteiger partial charge in [0.05, 0.1) is 5.41 Å². The SMILES string of the molecule is Cn1ccnc1CCNC(=O)C(C)(C)c1ccc(N)cc1. The molecule has 0 aliphatic heterocycles. The molecule has 0 atom stereocenters. The van der Waals surface area contributed by atoms with E-state index in [0.29, 0.717) is 18.7 Å². The number of nitrogens with zero attached hydrogens (tertiary/aromatic N) is 2. The number of imidazole rings is 1. The van der Waals surface area contributed by atoms with Gasteiger partial charge in [0, 0.05) is 38.1 Å². The summed E-state index contributed by atoms with van der Waals surface area (Å²) >= 11 is 0. The highest BCUT2D eigenvalue weighted by Crippen LogP contribution is 2.24. The van der Waals surface area contributed by atoms with Crippen LogP contribution in [-0.4, -0.2) is 22.0 Å². The quantitative estimate of drug-likeness (QED) is 0.821. The van der Waals surface area contributed by atoms with Crippen molar-refractivity contribution in [2.75, 3.05) is 12.3 Å². The minimum absolute atomic E-state index is 0.00137. The molecule has 1 aromatic carbocycles. The fraction of sp³-hybridized carbons (Fsp3) is 0.375. The average Bonchev–Trinajstić information content (AvgIpc) is 2.85. The lowest BCUT2D eigenvalue weighted by molar-refractivity contribution is -0.125. The van der Waals surface area contributed by atoms with E-state index in [1.165, 1.54) is 0 Å². The summed E-state index contributed by atoms with van der Waals surface area (Å²) in [6.45, 7) is 4.39. The molecule has 2 rings (SSSR count). The van der Waals surface area contributed by atoms with Crippen LogP contribution < -0.4 is 11.1 Å². The number of nitrogen functional groups attached to an aromatic ring is 1. The van der Waals surface area contributed by atoms with E-state index in [2.05, 4.69) is 10.3 Å². The van der Waals surface area contributed by atoms with Crippen LogP contribution in [0.4, 0.5) is 5.69 Å². The largest absolute Gasteiger partial charge is 0.399 e. The second-order valence-electron chi connectivity index (χ2n) is 5.71. The van der Waals surface area contributed by atoms with Crippen LogP contribution in [0.1, 0.15) is 25.2 Å². The zero-order chi connectivity index (χ0) is 15.5. The van der Waals surface area contributed by atoms with Crippen molar-refractivity contribution in [1.29, 1.82) is 0 Å². The summed E-state index contributed by atoms with van der Waals surface area (Å²) in [5, 5.41) is 2.98. The second kappa shape index (κ2) is 5.99. The lowest BCUT2D eigenvalue weighted by atomic mass is 9.83. The van der Waals surface area contributed by atoms with Gasteiger partial charge in [0.25, 0.3) is 0 Å². The van der Waals surface area contributed by atoms with Crippen molar-refractivity contribution in [1.82, 2.24) is 14.9 Å². The Morgan fingerprint density at radius 1 is 1.33 bits per heavy atom. The molecule has 5 nitrogen and oxygen atoms in total. The van der Waals surface area contributed by atoms with Crippen LogP contribution in [0.15, 0.2) is 36.7 Å². The van der Waals surface area contributed by atoms with Gasteiger partial charge in [-0.05, 0) is 31.5 Å². The van der Waals surface area contributed by atoms with E-state index >= 15 is 0 Å². The summed E-state index contributed by atoms with van der Waals surface area (Å²) in [5.41, 5.74) is 6.75. The Morgan fingerprint density at radius 3 is 2.57 bits per heavy atom. The van der Waals surface area contributed by atoms with Crippen molar-refractivity contribution in [3.05, 3.63) is 48.0 Å². The number of nitrogens with one attached hydrogen (secondary N) is 1. The number of hydrogen-bond acceptors (Lipinski definition) is 3. The van der Waals surface area contributed by atoms with Crippen LogP contribution in [0.5, 0.6) is 0 Å². The topological polar surface area (TPSA) is 72.9 Å². The van der Waals surface area contributed by atoms with Gasteiger partial charge in [-0.15, -0.1) is 0 Å². The molecule has 1 aromatic heterocycles. The third kappa shape index (κ3) is 3.42. The first-order valence-corrected chi connectivity index (χ1v) is 7.02. The summed E-state index contributed by atoms with van der Waals surface area (Å²) < 4.78 is 1.96. The van der Waals surface area contributed by atoms with Crippen molar-refractivity contribution in [3.63, 3.8) is 0 Å². The molecule has 0 saturated heterocycles. The van der Waals surface area contributed by atoms with Crippen LogP contribution in [-0.2, 0) is 23.7 Å². The number of carbonyl (C=O) groups excluding carboxylic acids is 1. The molecule has 0 fully saturated rings. The predicted molar refractivity (Wildman–Crippen MR) is 83.8 cm³/mol. The maximum Gasteiger partial charge on any atom is 0.230 e. The maximum absolute atomic E-state index is 12.4. The molecule has 0 spiro atoms. The molecule has 0 bridgehead atoms. The molecule has 0 aliphatic rings. The maximum atomic E-state index is 12.4. The van der Waals surface area contributed by atoms with Gasteiger partial charge in [-0.1, -0.05) is 12.1 Å². The third-order valence-corrected chi connectivity index (χ3v) is 3.76. The number of benzene rings is 1. The molecule has 0 saturated carbocycles. The standard InChI is InChI=1S/C16H22N4O/c1-16(2,12-4-6-13(17)7-5-12)15(21)19-9-8-14-18-10-11-20(14)3/h4-7,10-11H,8-9,17H2,1-3H3,(H,19,21). The zero-order valence-corrected chi connectivity index (χ0v) is 12.8. The number of nitrogens with two attached hydrogens (primary N) is 1. The number of hydrogen-bond donors (Lipinski definition) is 2. The number of rotatable bonds is 5. The van der Waals surface area contributed by atoms with Gasteiger partial charge in [0.2, 0.25) is 5.91 Å². The van der Waals surface area contributed by atoms with Crippen LogP contribution in [0, 0.1) is 0 Å². The van der Waals surface area contributed by atoms with Crippen molar-refractivity contribution < 1.29 is 4.79 Å². The van der Waals surface area contributed by atoms with Gasteiger partial charge < -0.3 is 15.6 Å². The summed E-state index contributed by atoms with van der Waals surface area (Å²) in [4.78, 5) is 16.6. The van der Waals surface area contributed by atoms with Gasteiger partial charge in [-0.2, -0.15) is 0 Å². The molecule has 1 heterocycles. The number of aryl methyl sites for hydroxylation is 1. The molecule has 5 heteroatoms. The van der Waals surface area contributed by atoms with Gasteiger partial charge in [-0.3, -0.25) is 4.79 Å². The highest BCUT2D eigenvalue weighted by molar-refractivity contribution is 5.87. The Labute approximate surface area is 125 Å². The van der Waals surface area contributed by atoms with E-state index in [-0.39, 0.29) is 5.91 Å². The molecular weight excluding hydrogens is 264 g/mol. The van der Waals surface area contributed by atoms with Crippen molar-refractivity contribution in [2.24, 2.45) is 7.05 Å². The van der Waals surface area contributed by atoms with Gasteiger partial charge in [0.15, 0.2) is 0 Å². The first-order valence-electron chi connectivity index (χ1n) is 7.02. The van der Waals surface area contributed by atoms with Crippen LogP contribution in [0.3, 0.4) is 0 Å². The van der Waals surface area contributed by atoms with E-state index in [4.69, 9.17) is 5.73 Å². The predicted octanol–water partition coefficient (Wildman–Crippen LogP) is 1.64. The Bertz CT molecular complexity index is 613. The Hall–Kier alpha value is -2.30. The normalized spacial score (nSPS) is 11.4. The summed E-state index contributed by atoms with van der Waals surface area (Å²) in [5.74, 6) is 0.960. The summed E-state index contributed by atoms with van der Waals surface area (Å²) in [6, 6.07) is 7.43. The monoisotopic (exact) mass is 286 g/mol. The molecule has 112 valence electrons. The lowest BCUT2D eigenvalue weighted by Crippen LogP contribution is -2.41. The fourth-order valence-electron chi connectivity index (χ4n) is 2.18. The molecule has 21 heavy (non-hydrogen) atoms. The van der Waals surface area contributed by atoms with E-state index in [9.17, 15) is 4.79 Å². The first-order chi connectivity index (χ1) is 9.91. The van der Waals surface area contributed by atoms with E-state index < -0.39 is 5.41 Å². The van der Waals surface area contributed by atoms with Crippen molar-refractivity contribution in [3.8, 4) is 0 Å². The molecule has 0 unspecified atom stereocenters. The average molecular weight is 286 g/mol. The van der Waals surface area contributed by atoms with Gasteiger partial charge in [-0.25, -0.2) is 4.98 Å². The van der Waals surface area contributed by atoms with Gasteiger partial charge in [0.1, 0.15) is 5.82 Å². The highest BCUT2D eigenvalue weighted by Gasteiger charge is 2.29. The summed E-state index contributed by atoms with van der Waals surface area (Å²) in [7, 11) is 1.95. The zero-order valence-electron chi connectivity index (χ0n) is 12.8. The number of carbonyl (C=O) groups is 1. The molecule has 2 aromatic rings. The van der Waals surface area contributed by atoms with Crippen LogP contribution in [0.25, 0.3) is 0 Å². The second-order valence-corrected chi connectivity index (χ2v) is 5.71. The third-order valence-electron chi connectivity index (χ3n) is 3.76. The molecule has 0 aliphatic carbocycles. The lowest BCUT2D eigenvalue weighted by Gasteiger charge is -2.24. The molecule has 3 N–H and O–H groups in total. The minimum atomic E-state index is -0.588. The van der Waals surface area contributed by atoms with Crippen LogP contribution >= 0.6 is 0 Å². The molecule has 0 radical (unpaired) electrons. The molecular formula is C16H22N4O. The Kier molecular flexibility index (Phi) is 4.31. The van der Waals surface area contributed by atoms with E-state index in [0.717, 1.165) is 11.4 Å². The number of amides is 1.